The van der Waals surface area contributed by atoms with Crippen LogP contribution in [0.1, 0.15) is 18.4 Å². The summed E-state index contributed by atoms with van der Waals surface area (Å²) in [6.07, 6.45) is 1.78. The van der Waals surface area contributed by atoms with Gasteiger partial charge >= 0.3 is 6.03 Å². The Morgan fingerprint density at radius 3 is 2.81 bits per heavy atom. The van der Waals surface area contributed by atoms with Gasteiger partial charge in [0, 0.05) is 12.6 Å². The molecule has 0 radical (unpaired) electrons. The highest BCUT2D eigenvalue weighted by molar-refractivity contribution is 6.04. The van der Waals surface area contributed by atoms with E-state index in [9.17, 15) is 18.8 Å². The first-order valence-corrected chi connectivity index (χ1v) is 8.10. The molecule has 8 heteroatoms. The molecule has 0 spiro atoms. The third-order valence-electron chi connectivity index (χ3n) is 3.93. The Bertz CT molecular complexity index is 828. The van der Waals surface area contributed by atoms with Crippen LogP contribution in [0, 0.1) is 5.82 Å². The maximum absolute atomic E-state index is 13.2. The fraction of sp³-hybridized carbons (Fsp3) is 0.222. The van der Waals surface area contributed by atoms with Crippen molar-refractivity contribution < 1.29 is 18.8 Å². The molecule has 1 atom stereocenters. The van der Waals surface area contributed by atoms with Gasteiger partial charge in [0.1, 0.15) is 17.7 Å². The van der Waals surface area contributed by atoms with Gasteiger partial charge in [0.15, 0.2) is 0 Å². The van der Waals surface area contributed by atoms with Gasteiger partial charge < -0.3 is 10.6 Å². The number of nitrogens with one attached hydrogen (secondary N) is 2. The smallest absolute Gasteiger partial charge is 0.325 e. The van der Waals surface area contributed by atoms with Crippen molar-refractivity contribution in [1.29, 1.82) is 0 Å². The van der Waals surface area contributed by atoms with E-state index in [1.165, 1.54) is 18.2 Å². The number of hydrogen-bond donors (Lipinski definition) is 2. The van der Waals surface area contributed by atoms with E-state index in [4.69, 9.17) is 0 Å². The normalized spacial score (nSPS) is 16.5. The van der Waals surface area contributed by atoms with Crippen molar-refractivity contribution >= 4 is 23.7 Å². The summed E-state index contributed by atoms with van der Waals surface area (Å²) in [7, 11) is 0. The topological polar surface area (TPSA) is 91.4 Å². The van der Waals surface area contributed by atoms with Gasteiger partial charge in [-0.05, 0) is 36.2 Å². The second-order valence-corrected chi connectivity index (χ2v) is 5.86. The number of urea groups is 1. The average molecular weight is 356 g/mol. The minimum Gasteiger partial charge on any atom is -0.326 e. The van der Waals surface area contributed by atoms with Gasteiger partial charge in [-0.2, -0.15) is 0 Å². The van der Waals surface area contributed by atoms with Crippen molar-refractivity contribution in [3.05, 3.63) is 60.0 Å². The summed E-state index contributed by atoms with van der Waals surface area (Å²) < 4.78 is 13.2. The van der Waals surface area contributed by atoms with Gasteiger partial charge in [0.25, 0.3) is 5.91 Å². The molecule has 1 saturated heterocycles. The van der Waals surface area contributed by atoms with E-state index < -0.39 is 23.8 Å². The molecule has 1 aromatic heterocycles. The molecule has 134 valence electrons. The van der Waals surface area contributed by atoms with Gasteiger partial charge in [0.05, 0.1) is 6.54 Å². The van der Waals surface area contributed by atoms with Gasteiger partial charge in [-0.3, -0.25) is 14.5 Å². The number of hydrogen-bond acceptors (Lipinski definition) is 4. The summed E-state index contributed by atoms with van der Waals surface area (Å²) in [5, 5.41) is 5.18. The lowest BCUT2D eigenvalue weighted by atomic mass is 10.1. The molecule has 1 aromatic carbocycles. The molecular weight excluding hydrogens is 339 g/mol. The zero-order valence-corrected chi connectivity index (χ0v) is 13.8. The maximum atomic E-state index is 13.2. The molecule has 4 amide bonds. The molecule has 7 nitrogen and oxygen atoms in total. The predicted octanol–water partition coefficient (Wildman–Crippen LogP) is 2.06. The fourth-order valence-corrected chi connectivity index (χ4v) is 2.66. The lowest BCUT2D eigenvalue weighted by molar-refractivity contribution is -0.128. The average Bonchev–Trinajstić information content (AvgIpc) is 2.88. The van der Waals surface area contributed by atoms with Crippen molar-refractivity contribution in [1.82, 2.24) is 15.2 Å². The summed E-state index contributed by atoms with van der Waals surface area (Å²) in [6.45, 7) is -0.0148. The minimum atomic E-state index is -0.773. The highest BCUT2D eigenvalue weighted by Gasteiger charge is 2.37. The van der Waals surface area contributed by atoms with Crippen LogP contribution in [0.2, 0.25) is 0 Å². The molecule has 26 heavy (non-hydrogen) atoms. The van der Waals surface area contributed by atoms with E-state index in [2.05, 4.69) is 15.6 Å². The lowest BCUT2D eigenvalue weighted by Gasteiger charge is -2.13. The standard InChI is InChI=1S/C18H17FN4O3/c19-13-5-3-4-12(10-13)11-23-17(25)14(21-18(23)26)7-8-16(24)22-15-6-1-2-9-20-15/h1-6,9-10,14H,7-8,11H2,(H,21,26)(H,20,22,24)/t14-/m1/s1. The number of carbonyl (C=O) groups excluding carboxylic acids is 3. The number of amides is 4. The number of nitrogens with zero attached hydrogens (tertiary/aromatic N) is 2. The maximum Gasteiger partial charge on any atom is 0.325 e. The second kappa shape index (κ2) is 7.73. The van der Waals surface area contributed by atoms with Crippen molar-refractivity contribution in [2.75, 3.05) is 5.32 Å². The van der Waals surface area contributed by atoms with Crippen LogP contribution in [0.25, 0.3) is 0 Å². The van der Waals surface area contributed by atoms with E-state index in [0.29, 0.717) is 11.4 Å². The van der Waals surface area contributed by atoms with Crippen molar-refractivity contribution in [3.8, 4) is 0 Å². The van der Waals surface area contributed by atoms with Crippen LogP contribution in [-0.4, -0.2) is 33.8 Å². The van der Waals surface area contributed by atoms with Crippen molar-refractivity contribution in [3.63, 3.8) is 0 Å². The number of rotatable bonds is 6. The highest BCUT2D eigenvalue weighted by Crippen LogP contribution is 2.16. The van der Waals surface area contributed by atoms with E-state index in [1.54, 1.807) is 30.5 Å². The van der Waals surface area contributed by atoms with Gasteiger partial charge in [0.2, 0.25) is 5.91 Å². The Morgan fingerprint density at radius 1 is 1.23 bits per heavy atom. The van der Waals surface area contributed by atoms with Crippen LogP contribution < -0.4 is 10.6 Å². The van der Waals surface area contributed by atoms with Crippen LogP contribution in [0.4, 0.5) is 15.0 Å². The molecule has 1 aliphatic rings. The Morgan fingerprint density at radius 2 is 2.08 bits per heavy atom. The zero-order valence-electron chi connectivity index (χ0n) is 13.8. The molecule has 2 N–H and O–H groups in total. The molecule has 2 aromatic rings. The van der Waals surface area contributed by atoms with Crippen LogP contribution in [0.5, 0.6) is 0 Å². The number of anilines is 1. The molecule has 0 saturated carbocycles. The molecular formula is C18H17FN4O3. The summed E-state index contributed by atoms with van der Waals surface area (Å²) in [4.78, 5) is 41.3. The molecule has 3 rings (SSSR count). The highest BCUT2D eigenvalue weighted by atomic mass is 19.1. The van der Waals surface area contributed by atoms with Gasteiger partial charge in [-0.1, -0.05) is 18.2 Å². The predicted molar refractivity (Wildman–Crippen MR) is 91.4 cm³/mol. The van der Waals surface area contributed by atoms with Crippen LogP contribution in [0.15, 0.2) is 48.7 Å². The monoisotopic (exact) mass is 356 g/mol. The Kier molecular flexibility index (Phi) is 5.21. The van der Waals surface area contributed by atoms with Gasteiger partial charge in [-0.25, -0.2) is 14.2 Å². The van der Waals surface area contributed by atoms with Crippen LogP contribution >= 0.6 is 0 Å². The third-order valence-corrected chi connectivity index (χ3v) is 3.93. The molecule has 0 bridgehead atoms. The third kappa shape index (κ3) is 4.21. The summed E-state index contributed by atoms with van der Waals surface area (Å²) in [5.41, 5.74) is 0.516. The number of benzene rings is 1. The summed E-state index contributed by atoms with van der Waals surface area (Å²) >= 11 is 0. The fourth-order valence-electron chi connectivity index (χ4n) is 2.66. The molecule has 1 fully saturated rings. The van der Waals surface area contributed by atoms with E-state index >= 15 is 0 Å². The minimum absolute atomic E-state index is 0.0148. The lowest BCUT2D eigenvalue weighted by Crippen LogP contribution is -2.31. The largest absolute Gasteiger partial charge is 0.326 e. The first-order chi connectivity index (χ1) is 12.5. The van der Waals surface area contributed by atoms with Crippen molar-refractivity contribution in [2.45, 2.75) is 25.4 Å². The number of carbonyl (C=O) groups is 3. The van der Waals surface area contributed by atoms with Crippen molar-refractivity contribution in [2.24, 2.45) is 0 Å². The summed E-state index contributed by atoms with van der Waals surface area (Å²) in [5.74, 6) is -0.733. The first-order valence-electron chi connectivity index (χ1n) is 8.10. The van der Waals surface area contributed by atoms with Crippen LogP contribution in [-0.2, 0) is 16.1 Å². The van der Waals surface area contributed by atoms with Crippen LogP contribution in [0.3, 0.4) is 0 Å². The SMILES string of the molecule is O=C(CC[C@H]1NC(=O)N(Cc2cccc(F)c2)C1=O)Nc1ccccn1. The molecule has 0 aliphatic carbocycles. The van der Waals surface area contributed by atoms with Gasteiger partial charge in [-0.15, -0.1) is 0 Å². The molecule has 0 unspecified atom stereocenters. The quantitative estimate of drug-likeness (QED) is 0.775. The Balaban J connectivity index is 1.54. The van der Waals surface area contributed by atoms with E-state index in [0.717, 1.165) is 4.90 Å². The Labute approximate surface area is 149 Å². The van der Waals surface area contributed by atoms with E-state index in [-0.39, 0.29) is 25.3 Å². The number of pyridine rings is 1. The summed E-state index contributed by atoms with van der Waals surface area (Å²) in [6, 6.07) is 9.52. The molecule has 2 heterocycles. The second-order valence-electron chi connectivity index (χ2n) is 5.86. The molecule has 1 aliphatic heterocycles. The number of aromatic nitrogens is 1. The Hall–Kier alpha value is -3.29. The first kappa shape index (κ1) is 17.5. The van der Waals surface area contributed by atoms with E-state index in [1.807, 2.05) is 0 Å². The number of imide groups is 1. The zero-order chi connectivity index (χ0) is 18.5. The number of halogens is 1.